The van der Waals surface area contributed by atoms with E-state index in [-0.39, 0.29) is 48.2 Å². The first-order valence-corrected chi connectivity index (χ1v) is 12.4. The lowest BCUT2D eigenvalue weighted by molar-refractivity contribution is -0.139. The van der Waals surface area contributed by atoms with Crippen LogP contribution in [0.5, 0.6) is 0 Å². The first-order valence-electron chi connectivity index (χ1n) is 12.0. The number of urea groups is 1. The van der Waals surface area contributed by atoms with Gasteiger partial charge in [0.15, 0.2) is 0 Å². The minimum Gasteiger partial charge on any atom is -0.373 e. The molecule has 8 nitrogen and oxygen atoms in total. The highest BCUT2D eigenvalue weighted by atomic mass is 35.5. The maximum absolute atomic E-state index is 13.3. The third-order valence-electron chi connectivity index (χ3n) is 7.79. The number of halogens is 2. The van der Waals surface area contributed by atoms with Crippen LogP contribution in [0.1, 0.15) is 31.2 Å². The van der Waals surface area contributed by atoms with Gasteiger partial charge in [0.25, 0.3) is 0 Å². The molecule has 0 radical (unpaired) electrons. The quantitative estimate of drug-likeness (QED) is 0.697. The third kappa shape index (κ3) is 4.89. The summed E-state index contributed by atoms with van der Waals surface area (Å²) in [6.45, 7) is 3.83. The van der Waals surface area contributed by atoms with Crippen molar-refractivity contribution in [2.75, 3.05) is 46.4 Å². The normalized spacial score (nSPS) is 28.8. The summed E-state index contributed by atoms with van der Waals surface area (Å²) < 4.78 is 25.3. The second-order valence-corrected chi connectivity index (χ2v) is 10.4. The lowest BCUT2D eigenvalue weighted by Gasteiger charge is -2.44. The Labute approximate surface area is 204 Å². The minimum absolute atomic E-state index is 0.00280. The maximum Gasteiger partial charge on any atom is 0.320 e. The molecule has 4 aliphatic rings. The van der Waals surface area contributed by atoms with Crippen LogP contribution in [0, 0.1) is 5.82 Å². The van der Waals surface area contributed by atoms with Crippen molar-refractivity contribution in [2.24, 2.45) is 0 Å². The molecule has 10 heteroatoms. The molecule has 3 amide bonds. The van der Waals surface area contributed by atoms with Crippen LogP contribution in [0.2, 0.25) is 5.02 Å². The molecule has 5 rings (SSSR count). The Morgan fingerprint density at radius 3 is 2.85 bits per heavy atom. The number of morpholine rings is 1. The van der Waals surface area contributed by atoms with Crippen LogP contribution in [0.25, 0.3) is 0 Å². The number of fused-ring (bicyclic) bond motifs is 1. The molecule has 4 fully saturated rings. The van der Waals surface area contributed by atoms with Crippen molar-refractivity contribution in [1.29, 1.82) is 0 Å². The maximum atomic E-state index is 13.3. The summed E-state index contributed by atoms with van der Waals surface area (Å²) in [7, 11) is 2.04. The van der Waals surface area contributed by atoms with Crippen molar-refractivity contribution in [3.63, 3.8) is 0 Å². The molecule has 0 aromatic heterocycles. The smallest absolute Gasteiger partial charge is 0.320 e. The molecule has 1 aromatic rings. The molecular weight excluding hydrogens is 463 g/mol. The summed E-state index contributed by atoms with van der Waals surface area (Å²) in [5, 5.41) is 3.40. The monoisotopic (exact) mass is 494 g/mol. The van der Waals surface area contributed by atoms with Gasteiger partial charge in [-0.15, -0.1) is 0 Å². The van der Waals surface area contributed by atoms with Gasteiger partial charge >= 0.3 is 6.03 Å². The molecule has 0 saturated carbocycles. The van der Waals surface area contributed by atoms with E-state index in [1.165, 1.54) is 12.1 Å². The fourth-order valence-corrected chi connectivity index (χ4v) is 5.91. The third-order valence-corrected chi connectivity index (χ3v) is 8.14. The number of benzene rings is 1. The van der Waals surface area contributed by atoms with Gasteiger partial charge in [0, 0.05) is 43.8 Å². The Balaban J connectivity index is 1.12. The lowest BCUT2D eigenvalue weighted by atomic mass is 9.87. The summed E-state index contributed by atoms with van der Waals surface area (Å²) >= 11 is 6.21. The van der Waals surface area contributed by atoms with Crippen LogP contribution >= 0.6 is 11.6 Å². The molecule has 0 bridgehead atoms. The van der Waals surface area contributed by atoms with Crippen molar-refractivity contribution in [2.45, 2.75) is 56.0 Å². The summed E-state index contributed by atoms with van der Waals surface area (Å²) in [5.74, 6) is -0.447. The predicted molar refractivity (Wildman–Crippen MR) is 124 cm³/mol. The van der Waals surface area contributed by atoms with Gasteiger partial charge in [-0.1, -0.05) is 17.7 Å². The molecule has 3 atom stereocenters. The number of hydrogen-bond donors (Lipinski definition) is 1. The van der Waals surface area contributed by atoms with Crippen LogP contribution in [0.15, 0.2) is 18.2 Å². The Morgan fingerprint density at radius 1 is 1.29 bits per heavy atom. The van der Waals surface area contributed by atoms with Crippen molar-refractivity contribution in [3.05, 3.63) is 34.6 Å². The number of nitrogens with zero attached hydrogens (tertiary/aromatic N) is 3. The van der Waals surface area contributed by atoms with E-state index in [1.54, 1.807) is 6.07 Å². The molecule has 0 aliphatic carbocycles. The lowest BCUT2D eigenvalue weighted by Crippen LogP contribution is -2.63. The van der Waals surface area contributed by atoms with E-state index in [1.807, 2.05) is 16.8 Å². The number of piperidine rings is 2. The average Bonchev–Trinajstić information content (AvgIpc) is 3.24. The highest BCUT2D eigenvalue weighted by Crippen LogP contribution is 2.38. The van der Waals surface area contributed by atoms with Crippen molar-refractivity contribution in [3.8, 4) is 0 Å². The van der Waals surface area contributed by atoms with Gasteiger partial charge in [0.1, 0.15) is 12.4 Å². The zero-order valence-electron chi connectivity index (χ0n) is 19.5. The van der Waals surface area contributed by atoms with Crippen LogP contribution in [0.3, 0.4) is 0 Å². The predicted octanol–water partition coefficient (Wildman–Crippen LogP) is 2.24. The fourth-order valence-electron chi connectivity index (χ4n) is 5.68. The second kappa shape index (κ2) is 9.60. The number of likely N-dealkylation sites (N-methyl/N-ethyl adjacent to an activating group) is 1. The molecule has 1 spiro atoms. The molecule has 4 saturated heterocycles. The average molecular weight is 495 g/mol. The van der Waals surface area contributed by atoms with E-state index in [0.717, 1.165) is 31.2 Å². The van der Waals surface area contributed by atoms with Crippen molar-refractivity contribution in [1.82, 2.24) is 20.0 Å². The topological polar surface area (TPSA) is 74.3 Å². The van der Waals surface area contributed by atoms with Gasteiger partial charge in [-0.05, 0) is 50.4 Å². The first kappa shape index (κ1) is 23.8. The van der Waals surface area contributed by atoms with E-state index in [2.05, 4.69) is 10.2 Å². The van der Waals surface area contributed by atoms with Crippen LogP contribution in [0.4, 0.5) is 9.18 Å². The molecule has 34 heavy (non-hydrogen) atoms. The second-order valence-electron chi connectivity index (χ2n) is 10.0. The van der Waals surface area contributed by atoms with Crippen molar-refractivity contribution < 1.29 is 23.5 Å². The number of hydrogen-bond acceptors (Lipinski definition) is 5. The van der Waals surface area contributed by atoms with Gasteiger partial charge < -0.3 is 24.6 Å². The zero-order chi connectivity index (χ0) is 23.9. The van der Waals surface area contributed by atoms with Gasteiger partial charge in [0.05, 0.1) is 24.4 Å². The number of likely N-dealkylation sites (tertiary alicyclic amines) is 2. The number of nitrogens with one attached hydrogen (secondary N) is 1. The number of carbonyl (C=O) groups excluding carboxylic acids is 2. The largest absolute Gasteiger partial charge is 0.373 e. The summed E-state index contributed by atoms with van der Waals surface area (Å²) in [6.07, 6.45) is 3.25. The highest BCUT2D eigenvalue weighted by molar-refractivity contribution is 6.31. The molecular formula is C24H32ClFN4O4. The molecule has 4 aliphatic heterocycles. The SMILES string of the molecule is CN(Cc1ccc(F)cc1Cl)C1COC2(CCN(C(=O)N3CC[C@@H]4OCC(=O)N[C@@H]4C3)CC2)C1. The minimum atomic E-state index is -0.331. The Hall–Kier alpha value is -1.94. The van der Waals surface area contributed by atoms with Crippen LogP contribution in [-0.2, 0) is 20.8 Å². The standard InChI is InChI=1S/C24H32ClFN4O4/c1-28(12-16-2-3-17(26)10-19(16)25)18-11-24(34-14-18)5-8-29(9-6-24)23(32)30-7-4-21-20(13-30)27-22(31)15-33-21/h2-3,10,18,20-21H,4-9,11-15H2,1H3,(H,27,31)/t18?,20-,21+/m1/s1. The first-order chi connectivity index (χ1) is 16.3. The summed E-state index contributed by atoms with van der Waals surface area (Å²) in [4.78, 5) is 30.8. The van der Waals surface area contributed by atoms with Gasteiger partial charge in [-0.3, -0.25) is 9.69 Å². The summed E-state index contributed by atoms with van der Waals surface area (Å²) in [6, 6.07) is 4.67. The van der Waals surface area contributed by atoms with E-state index < -0.39 is 0 Å². The van der Waals surface area contributed by atoms with Crippen LogP contribution in [-0.4, -0.2) is 96.9 Å². The number of amides is 3. The molecule has 1 aromatic carbocycles. The molecule has 1 unspecified atom stereocenters. The Morgan fingerprint density at radius 2 is 2.09 bits per heavy atom. The number of carbonyl (C=O) groups is 2. The molecule has 1 N–H and O–H groups in total. The molecule has 186 valence electrons. The number of ether oxygens (including phenoxy) is 2. The Bertz CT molecular complexity index is 942. The summed E-state index contributed by atoms with van der Waals surface area (Å²) in [5.41, 5.74) is 0.691. The van der Waals surface area contributed by atoms with Crippen LogP contribution < -0.4 is 5.32 Å². The zero-order valence-corrected chi connectivity index (χ0v) is 20.2. The van der Waals surface area contributed by atoms with Gasteiger partial charge in [0.2, 0.25) is 5.91 Å². The molecule has 4 heterocycles. The highest BCUT2D eigenvalue weighted by Gasteiger charge is 2.45. The number of rotatable bonds is 3. The van der Waals surface area contributed by atoms with E-state index in [0.29, 0.717) is 44.4 Å². The van der Waals surface area contributed by atoms with E-state index >= 15 is 0 Å². The van der Waals surface area contributed by atoms with E-state index in [9.17, 15) is 14.0 Å². The fraction of sp³-hybridized carbons (Fsp3) is 0.667. The van der Waals surface area contributed by atoms with Gasteiger partial charge in [-0.25, -0.2) is 9.18 Å². The van der Waals surface area contributed by atoms with Crippen molar-refractivity contribution >= 4 is 23.5 Å². The Kier molecular flexibility index (Phi) is 6.72. The van der Waals surface area contributed by atoms with E-state index in [4.69, 9.17) is 21.1 Å². The van der Waals surface area contributed by atoms with Gasteiger partial charge in [-0.2, -0.15) is 0 Å².